The SMILES string of the molecule is CCOc1cc(C(=O)N(C)Cc2cncc3cn[nH]c23)ccc1-c1csc(C#N)c1. The van der Waals surface area contributed by atoms with Crippen molar-refractivity contribution in [3.8, 4) is 22.9 Å². The molecular formula is C22H19N5O2S. The topological polar surface area (TPSA) is 94.9 Å². The van der Waals surface area contributed by atoms with E-state index in [1.165, 1.54) is 11.3 Å². The predicted octanol–water partition coefficient (Wildman–Crippen LogP) is 4.23. The zero-order chi connectivity index (χ0) is 21.1. The van der Waals surface area contributed by atoms with E-state index >= 15 is 0 Å². The lowest BCUT2D eigenvalue weighted by molar-refractivity contribution is 0.0785. The number of nitriles is 1. The van der Waals surface area contributed by atoms with Gasteiger partial charge < -0.3 is 9.64 Å². The molecule has 150 valence electrons. The largest absolute Gasteiger partial charge is 0.493 e. The highest BCUT2D eigenvalue weighted by Crippen LogP contribution is 2.34. The van der Waals surface area contributed by atoms with E-state index in [4.69, 9.17) is 10.00 Å². The van der Waals surface area contributed by atoms with Gasteiger partial charge in [0.1, 0.15) is 16.7 Å². The van der Waals surface area contributed by atoms with Gasteiger partial charge in [0.2, 0.25) is 0 Å². The first kappa shape index (κ1) is 19.6. The summed E-state index contributed by atoms with van der Waals surface area (Å²) in [5.74, 6) is 0.499. The van der Waals surface area contributed by atoms with Crippen molar-refractivity contribution >= 4 is 28.1 Å². The lowest BCUT2D eigenvalue weighted by Gasteiger charge is -2.19. The van der Waals surface area contributed by atoms with Gasteiger partial charge in [0.15, 0.2) is 0 Å². The Bertz CT molecular complexity index is 1250. The number of nitrogens with zero attached hydrogens (tertiary/aromatic N) is 4. The number of ether oxygens (including phenoxy) is 1. The minimum absolute atomic E-state index is 0.123. The fourth-order valence-corrected chi connectivity index (χ4v) is 3.99. The van der Waals surface area contributed by atoms with Crippen LogP contribution in [-0.4, -0.2) is 39.6 Å². The van der Waals surface area contributed by atoms with Gasteiger partial charge in [-0.1, -0.05) is 0 Å². The van der Waals surface area contributed by atoms with Crippen LogP contribution >= 0.6 is 11.3 Å². The molecule has 1 N–H and O–H groups in total. The molecule has 0 bridgehead atoms. The van der Waals surface area contributed by atoms with Crippen molar-refractivity contribution in [3.05, 3.63) is 64.2 Å². The molecule has 1 amide bonds. The molecule has 3 heterocycles. The zero-order valence-electron chi connectivity index (χ0n) is 16.5. The maximum atomic E-state index is 13.1. The minimum atomic E-state index is -0.123. The molecule has 0 aliphatic carbocycles. The highest BCUT2D eigenvalue weighted by atomic mass is 32.1. The average Bonchev–Trinajstić information content (AvgIpc) is 3.43. The van der Waals surface area contributed by atoms with Crippen LogP contribution in [0, 0.1) is 11.3 Å². The molecule has 3 aromatic heterocycles. The zero-order valence-corrected chi connectivity index (χ0v) is 17.4. The molecule has 4 aromatic rings. The number of fused-ring (bicyclic) bond motifs is 1. The number of amides is 1. The molecule has 30 heavy (non-hydrogen) atoms. The van der Waals surface area contributed by atoms with Gasteiger partial charge in [-0.3, -0.25) is 14.9 Å². The van der Waals surface area contributed by atoms with E-state index in [-0.39, 0.29) is 5.91 Å². The Morgan fingerprint density at radius 2 is 2.17 bits per heavy atom. The fourth-order valence-electron chi connectivity index (χ4n) is 3.30. The third-order valence-electron chi connectivity index (χ3n) is 4.74. The molecule has 0 aliphatic heterocycles. The number of H-pyrrole nitrogens is 1. The molecule has 7 nitrogen and oxygen atoms in total. The Kier molecular flexibility index (Phi) is 5.46. The molecule has 0 radical (unpaired) electrons. The van der Waals surface area contributed by atoms with Crippen LogP contribution < -0.4 is 4.74 Å². The van der Waals surface area contributed by atoms with Crippen LogP contribution in [0.5, 0.6) is 5.75 Å². The Morgan fingerprint density at radius 3 is 2.93 bits per heavy atom. The Hall–Kier alpha value is -3.70. The smallest absolute Gasteiger partial charge is 0.254 e. The van der Waals surface area contributed by atoms with E-state index in [1.54, 1.807) is 42.7 Å². The molecule has 0 aliphatic rings. The molecule has 8 heteroatoms. The monoisotopic (exact) mass is 417 g/mol. The van der Waals surface area contributed by atoms with Crippen LogP contribution in [0.15, 0.2) is 48.2 Å². The van der Waals surface area contributed by atoms with Gasteiger partial charge >= 0.3 is 0 Å². The number of nitrogens with one attached hydrogen (secondary N) is 1. The number of hydrogen-bond donors (Lipinski definition) is 1. The summed E-state index contributed by atoms with van der Waals surface area (Å²) in [4.78, 5) is 19.6. The quantitative estimate of drug-likeness (QED) is 0.507. The Morgan fingerprint density at radius 1 is 1.30 bits per heavy atom. The summed E-state index contributed by atoms with van der Waals surface area (Å²) in [5, 5.41) is 18.9. The fraction of sp³-hybridized carbons (Fsp3) is 0.182. The average molecular weight is 417 g/mol. The predicted molar refractivity (Wildman–Crippen MR) is 115 cm³/mol. The molecule has 1 aromatic carbocycles. The maximum Gasteiger partial charge on any atom is 0.254 e. The summed E-state index contributed by atoms with van der Waals surface area (Å²) in [6.45, 7) is 2.77. The van der Waals surface area contributed by atoms with Crippen LogP contribution in [0.3, 0.4) is 0 Å². The van der Waals surface area contributed by atoms with E-state index in [0.29, 0.717) is 29.3 Å². The van der Waals surface area contributed by atoms with Gasteiger partial charge in [-0.15, -0.1) is 11.3 Å². The number of aromatic nitrogens is 3. The lowest BCUT2D eigenvalue weighted by Crippen LogP contribution is -2.26. The lowest BCUT2D eigenvalue weighted by atomic mass is 10.0. The number of thiophene rings is 1. The van der Waals surface area contributed by atoms with Crippen molar-refractivity contribution in [2.75, 3.05) is 13.7 Å². The van der Waals surface area contributed by atoms with Gasteiger partial charge in [0.25, 0.3) is 5.91 Å². The first-order valence-corrected chi connectivity index (χ1v) is 10.3. The number of rotatable bonds is 6. The van der Waals surface area contributed by atoms with Gasteiger partial charge in [0.05, 0.1) is 18.3 Å². The number of hydrogen-bond acceptors (Lipinski definition) is 6. The highest BCUT2D eigenvalue weighted by molar-refractivity contribution is 7.10. The minimum Gasteiger partial charge on any atom is -0.493 e. The van der Waals surface area contributed by atoms with Crippen molar-refractivity contribution in [1.29, 1.82) is 5.26 Å². The van der Waals surface area contributed by atoms with Gasteiger partial charge in [-0.2, -0.15) is 10.4 Å². The highest BCUT2D eigenvalue weighted by Gasteiger charge is 2.17. The summed E-state index contributed by atoms with van der Waals surface area (Å²) < 4.78 is 5.80. The normalized spacial score (nSPS) is 10.7. The summed E-state index contributed by atoms with van der Waals surface area (Å²) in [5.41, 5.74) is 4.07. The van der Waals surface area contributed by atoms with E-state index in [0.717, 1.165) is 27.6 Å². The molecule has 0 unspecified atom stereocenters. The first-order chi connectivity index (χ1) is 14.6. The number of aromatic amines is 1. The summed E-state index contributed by atoms with van der Waals surface area (Å²) in [6.07, 6.45) is 5.19. The Labute approximate surface area is 177 Å². The second kappa shape index (κ2) is 8.35. The van der Waals surface area contributed by atoms with Crippen molar-refractivity contribution in [2.24, 2.45) is 0 Å². The van der Waals surface area contributed by atoms with Crippen LogP contribution in [0.1, 0.15) is 27.7 Å². The summed E-state index contributed by atoms with van der Waals surface area (Å²) in [7, 11) is 1.75. The molecule has 0 saturated heterocycles. The number of carbonyl (C=O) groups is 1. The van der Waals surface area contributed by atoms with Crippen LogP contribution in [0.25, 0.3) is 22.0 Å². The van der Waals surface area contributed by atoms with Gasteiger partial charge in [0, 0.05) is 53.4 Å². The third-order valence-corrected chi connectivity index (χ3v) is 5.57. The molecule has 0 fully saturated rings. The van der Waals surface area contributed by atoms with Crippen LogP contribution in [0.4, 0.5) is 0 Å². The maximum absolute atomic E-state index is 13.1. The van der Waals surface area contributed by atoms with Crippen molar-refractivity contribution < 1.29 is 9.53 Å². The van der Waals surface area contributed by atoms with Crippen molar-refractivity contribution in [1.82, 2.24) is 20.1 Å². The third kappa shape index (κ3) is 3.75. The molecule has 4 rings (SSSR count). The van der Waals surface area contributed by atoms with Crippen molar-refractivity contribution in [2.45, 2.75) is 13.5 Å². The first-order valence-electron chi connectivity index (χ1n) is 9.38. The van der Waals surface area contributed by atoms with E-state index in [1.807, 2.05) is 24.4 Å². The summed E-state index contributed by atoms with van der Waals surface area (Å²) in [6, 6.07) is 9.39. The molecule has 0 saturated carbocycles. The van der Waals surface area contributed by atoms with Crippen molar-refractivity contribution in [3.63, 3.8) is 0 Å². The van der Waals surface area contributed by atoms with Gasteiger partial charge in [-0.05, 0) is 36.8 Å². The van der Waals surface area contributed by atoms with E-state index in [9.17, 15) is 4.79 Å². The summed E-state index contributed by atoms with van der Waals surface area (Å²) >= 11 is 1.38. The second-order valence-corrected chi connectivity index (χ2v) is 7.66. The number of carbonyl (C=O) groups excluding carboxylic acids is 1. The molecule has 0 atom stereocenters. The van der Waals surface area contributed by atoms with E-state index in [2.05, 4.69) is 21.3 Å². The molecular weight excluding hydrogens is 398 g/mol. The van der Waals surface area contributed by atoms with Gasteiger partial charge in [-0.25, -0.2) is 0 Å². The van der Waals surface area contributed by atoms with E-state index < -0.39 is 0 Å². The molecule has 0 spiro atoms. The van der Waals surface area contributed by atoms with Crippen LogP contribution in [0.2, 0.25) is 0 Å². The standard InChI is InChI=1S/C22H19N5O2S/c1-3-29-20-7-14(4-5-19(20)15-6-18(8-23)30-13-15)22(28)27(2)12-17-10-24-9-16-11-25-26-21(16)17/h4-7,9-11,13H,3,12H2,1-2H3,(H,25,26). The van der Waals surface area contributed by atoms with Crippen LogP contribution in [-0.2, 0) is 6.54 Å². The number of benzene rings is 1. The Balaban J connectivity index is 1.61. The second-order valence-electron chi connectivity index (χ2n) is 6.75. The number of pyridine rings is 1.